The molecule has 0 heterocycles. The molecular weight excluding hydrogens is 275 g/mol. The molecular formula is C17H18Cl2. The van der Waals surface area contributed by atoms with Crippen molar-refractivity contribution in [2.75, 3.05) is 0 Å². The van der Waals surface area contributed by atoms with E-state index in [9.17, 15) is 0 Å². The van der Waals surface area contributed by atoms with Crippen LogP contribution < -0.4 is 0 Å². The Morgan fingerprint density at radius 1 is 0.895 bits per heavy atom. The van der Waals surface area contributed by atoms with E-state index in [1.54, 1.807) is 0 Å². The van der Waals surface area contributed by atoms with Crippen molar-refractivity contribution in [3.8, 4) is 0 Å². The number of rotatable bonds is 2. The van der Waals surface area contributed by atoms with Gasteiger partial charge in [0.2, 0.25) is 0 Å². The summed E-state index contributed by atoms with van der Waals surface area (Å²) in [7, 11) is 0. The summed E-state index contributed by atoms with van der Waals surface area (Å²) in [5, 5.41) is 1.27. The third kappa shape index (κ3) is 3.52. The van der Waals surface area contributed by atoms with Crippen molar-refractivity contribution in [3.63, 3.8) is 0 Å². The molecule has 0 atom stereocenters. The second kappa shape index (κ2) is 5.56. The maximum absolute atomic E-state index is 6.22. The molecule has 0 aliphatic rings. The molecule has 0 saturated carbocycles. The van der Waals surface area contributed by atoms with Crippen molar-refractivity contribution < 1.29 is 0 Å². The Bertz CT molecular complexity index is 563. The van der Waals surface area contributed by atoms with Crippen LogP contribution in [0.2, 0.25) is 10.0 Å². The highest BCUT2D eigenvalue weighted by Gasteiger charge is 2.13. The van der Waals surface area contributed by atoms with Gasteiger partial charge in [-0.15, -0.1) is 0 Å². The average Bonchev–Trinajstić information content (AvgIpc) is 2.35. The van der Waals surface area contributed by atoms with Crippen molar-refractivity contribution in [3.05, 3.63) is 69.2 Å². The van der Waals surface area contributed by atoms with Crippen molar-refractivity contribution >= 4 is 23.2 Å². The van der Waals surface area contributed by atoms with Gasteiger partial charge in [-0.05, 0) is 34.6 Å². The molecule has 0 amide bonds. The number of halogens is 2. The van der Waals surface area contributed by atoms with Crippen LogP contribution >= 0.6 is 23.2 Å². The molecule has 0 aliphatic carbocycles. The quantitative estimate of drug-likeness (QED) is 0.648. The second-order valence-electron chi connectivity index (χ2n) is 5.84. The molecule has 2 heteroatoms. The lowest BCUT2D eigenvalue weighted by Gasteiger charge is -2.19. The van der Waals surface area contributed by atoms with Crippen molar-refractivity contribution in [2.24, 2.45) is 0 Å². The Balaban J connectivity index is 2.23. The number of benzene rings is 2. The molecule has 100 valence electrons. The third-order valence-electron chi connectivity index (χ3n) is 3.25. The minimum Gasteiger partial charge on any atom is -0.0827 e. The van der Waals surface area contributed by atoms with Gasteiger partial charge in [0.1, 0.15) is 0 Å². The van der Waals surface area contributed by atoms with E-state index in [4.69, 9.17) is 23.2 Å². The summed E-state index contributed by atoms with van der Waals surface area (Å²) in [6, 6.07) is 14.5. The Labute approximate surface area is 125 Å². The van der Waals surface area contributed by atoms with E-state index in [0.717, 1.165) is 12.0 Å². The SMILES string of the molecule is CC(C)(C)c1ccc(Cc2cccc(Cl)c2Cl)cc1. The van der Waals surface area contributed by atoms with Crippen LogP contribution in [0.4, 0.5) is 0 Å². The highest BCUT2D eigenvalue weighted by Crippen LogP contribution is 2.28. The van der Waals surface area contributed by atoms with Gasteiger partial charge in [0.05, 0.1) is 10.0 Å². The monoisotopic (exact) mass is 292 g/mol. The first kappa shape index (κ1) is 14.4. The highest BCUT2D eigenvalue weighted by molar-refractivity contribution is 6.42. The third-order valence-corrected chi connectivity index (χ3v) is 4.10. The molecule has 0 saturated heterocycles. The van der Waals surface area contributed by atoms with E-state index in [1.165, 1.54) is 11.1 Å². The van der Waals surface area contributed by atoms with Crippen LogP contribution in [-0.2, 0) is 11.8 Å². The Morgan fingerprint density at radius 2 is 1.53 bits per heavy atom. The minimum absolute atomic E-state index is 0.187. The molecule has 0 unspecified atom stereocenters. The molecule has 0 radical (unpaired) electrons. The Morgan fingerprint density at radius 3 is 2.11 bits per heavy atom. The summed E-state index contributed by atoms with van der Waals surface area (Å²) in [6.07, 6.45) is 0.809. The zero-order valence-electron chi connectivity index (χ0n) is 11.5. The van der Waals surface area contributed by atoms with Gasteiger partial charge in [-0.25, -0.2) is 0 Å². The largest absolute Gasteiger partial charge is 0.0827 e. The van der Waals surface area contributed by atoms with Gasteiger partial charge in [0.15, 0.2) is 0 Å². The van der Waals surface area contributed by atoms with Crippen molar-refractivity contribution in [1.82, 2.24) is 0 Å². The second-order valence-corrected chi connectivity index (χ2v) is 6.62. The number of hydrogen-bond acceptors (Lipinski definition) is 0. The Hall–Kier alpha value is -0.980. The topological polar surface area (TPSA) is 0 Å². The van der Waals surface area contributed by atoms with Gasteiger partial charge in [-0.3, -0.25) is 0 Å². The summed E-state index contributed by atoms with van der Waals surface area (Å²) in [4.78, 5) is 0. The first-order valence-corrected chi connectivity index (χ1v) is 7.16. The van der Waals surface area contributed by atoms with E-state index in [0.29, 0.717) is 10.0 Å². The summed E-state index contributed by atoms with van der Waals surface area (Å²) >= 11 is 12.2. The molecule has 0 bridgehead atoms. The van der Waals surface area contributed by atoms with Gasteiger partial charge >= 0.3 is 0 Å². The molecule has 19 heavy (non-hydrogen) atoms. The summed E-state index contributed by atoms with van der Waals surface area (Å²) in [5.41, 5.74) is 3.84. The van der Waals surface area contributed by atoms with Gasteiger partial charge in [0.25, 0.3) is 0 Å². The smallest absolute Gasteiger partial charge is 0.0627 e. The van der Waals surface area contributed by atoms with Gasteiger partial charge in [-0.1, -0.05) is 80.4 Å². The fourth-order valence-electron chi connectivity index (χ4n) is 2.03. The summed E-state index contributed by atoms with van der Waals surface area (Å²) < 4.78 is 0. The van der Waals surface area contributed by atoms with Crippen LogP contribution in [0.15, 0.2) is 42.5 Å². The first-order chi connectivity index (χ1) is 8.88. The van der Waals surface area contributed by atoms with E-state index >= 15 is 0 Å². The summed E-state index contributed by atoms with van der Waals surface area (Å²) in [5.74, 6) is 0. The van der Waals surface area contributed by atoms with E-state index in [2.05, 4.69) is 45.0 Å². The molecule has 0 nitrogen and oxygen atoms in total. The molecule has 0 N–H and O–H groups in total. The van der Waals surface area contributed by atoms with Gasteiger partial charge < -0.3 is 0 Å². The standard InChI is InChI=1S/C17H18Cl2/c1-17(2,3)14-9-7-12(8-10-14)11-13-5-4-6-15(18)16(13)19/h4-10H,11H2,1-3H3. The van der Waals surface area contributed by atoms with Crippen molar-refractivity contribution in [1.29, 1.82) is 0 Å². The fourth-order valence-corrected chi connectivity index (χ4v) is 2.41. The predicted molar refractivity (Wildman–Crippen MR) is 84.4 cm³/mol. The van der Waals surface area contributed by atoms with Crippen LogP contribution in [-0.4, -0.2) is 0 Å². The normalized spacial score (nSPS) is 11.6. The van der Waals surface area contributed by atoms with Crippen LogP contribution in [0.3, 0.4) is 0 Å². The Kier molecular flexibility index (Phi) is 4.23. The molecule has 2 rings (SSSR count). The van der Waals surface area contributed by atoms with Crippen LogP contribution in [0, 0.1) is 0 Å². The minimum atomic E-state index is 0.187. The maximum atomic E-state index is 6.22. The van der Waals surface area contributed by atoms with E-state index < -0.39 is 0 Å². The molecule has 2 aromatic carbocycles. The number of hydrogen-bond donors (Lipinski definition) is 0. The van der Waals surface area contributed by atoms with Crippen LogP contribution in [0.5, 0.6) is 0 Å². The summed E-state index contributed by atoms with van der Waals surface area (Å²) in [6.45, 7) is 6.65. The lowest BCUT2D eigenvalue weighted by atomic mass is 9.86. The maximum Gasteiger partial charge on any atom is 0.0627 e. The van der Waals surface area contributed by atoms with Crippen LogP contribution in [0.1, 0.15) is 37.5 Å². The van der Waals surface area contributed by atoms with Crippen molar-refractivity contribution in [2.45, 2.75) is 32.6 Å². The molecule has 0 spiro atoms. The van der Waals surface area contributed by atoms with Gasteiger partial charge in [-0.2, -0.15) is 0 Å². The van der Waals surface area contributed by atoms with E-state index in [-0.39, 0.29) is 5.41 Å². The molecule has 0 aliphatic heterocycles. The molecule has 0 aromatic heterocycles. The fraction of sp³-hybridized carbons (Fsp3) is 0.294. The zero-order chi connectivity index (χ0) is 14.0. The predicted octanol–water partition coefficient (Wildman–Crippen LogP) is 5.88. The molecule has 0 fully saturated rings. The highest BCUT2D eigenvalue weighted by atomic mass is 35.5. The van der Waals surface area contributed by atoms with Crippen LogP contribution in [0.25, 0.3) is 0 Å². The average molecular weight is 293 g/mol. The zero-order valence-corrected chi connectivity index (χ0v) is 13.0. The first-order valence-electron chi connectivity index (χ1n) is 6.40. The molecule has 2 aromatic rings. The van der Waals surface area contributed by atoms with Gasteiger partial charge in [0, 0.05) is 0 Å². The lowest BCUT2D eigenvalue weighted by Crippen LogP contribution is -2.10. The lowest BCUT2D eigenvalue weighted by molar-refractivity contribution is 0.590. The van der Waals surface area contributed by atoms with E-state index in [1.807, 2.05) is 18.2 Å².